The van der Waals surface area contributed by atoms with Crippen LogP contribution in [0.25, 0.3) is 17.7 Å². The van der Waals surface area contributed by atoms with Crippen LogP contribution in [0.3, 0.4) is 0 Å². The van der Waals surface area contributed by atoms with Crippen molar-refractivity contribution in [1.29, 1.82) is 0 Å². The van der Waals surface area contributed by atoms with Gasteiger partial charge in [0, 0.05) is 36.3 Å². The van der Waals surface area contributed by atoms with E-state index in [1.54, 1.807) is 42.9 Å². The van der Waals surface area contributed by atoms with E-state index < -0.39 is 21.8 Å². The molecule has 9 heteroatoms. The number of carbonyl (C=O) groups is 2. The molecule has 0 unspecified atom stereocenters. The first-order chi connectivity index (χ1) is 15.8. The molecule has 8 nitrogen and oxygen atoms in total. The number of pyridine rings is 1. The van der Waals surface area contributed by atoms with Gasteiger partial charge in [0.25, 0.3) is 11.8 Å². The van der Waals surface area contributed by atoms with Crippen molar-refractivity contribution < 1.29 is 18.0 Å². The van der Waals surface area contributed by atoms with Crippen LogP contribution in [-0.2, 0) is 21.4 Å². The van der Waals surface area contributed by atoms with Crippen LogP contribution in [0.1, 0.15) is 32.6 Å². The third-order valence-electron chi connectivity index (χ3n) is 5.03. The molecule has 0 bridgehead atoms. The minimum atomic E-state index is -3.76. The zero-order valence-electron chi connectivity index (χ0n) is 17.4. The standard InChI is InChI=1S/C24H20N4O4S/c25-33(31,32)19-6-3-18(4-7-19)14-27-15-22-21-13-17(2-1-16-9-11-26-12-10-16)5-8-20(21)23(29)28-24(22)30/h1-13,15,27H,14H2,(H2,25,31,32)(H,28,29,30). The van der Waals surface area contributed by atoms with Gasteiger partial charge < -0.3 is 5.32 Å². The van der Waals surface area contributed by atoms with E-state index in [1.165, 1.54) is 12.1 Å². The highest BCUT2D eigenvalue weighted by Crippen LogP contribution is 2.26. The van der Waals surface area contributed by atoms with Crippen LogP contribution in [0, 0.1) is 0 Å². The molecule has 1 aliphatic rings. The normalized spacial score (nSPS) is 14.9. The Labute approximate surface area is 190 Å². The van der Waals surface area contributed by atoms with Gasteiger partial charge in [0.15, 0.2) is 0 Å². The first-order valence-corrected chi connectivity index (χ1v) is 11.5. The number of amides is 2. The zero-order chi connectivity index (χ0) is 23.4. The molecule has 1 aromatic heterocycles. The molecule has 3 aromatic rings. The van der Waals surface area contributed by atoms with Crippen molar-refractivity contribution in [3.63, 3.8) is 0 Å². The smallest absolute Gasteiger partial charge is 0.260 e. The van der Waals surface area contributed by atoms with Crippen molar-refractivity contribution in [3.8, 4) is 0 Å². The second-order valence-electron chi connectivity index (χ2n) is 7.33. The summed E-state index contributed by atoms with van der Waals surface area (Å²) in [5.74, 6) is -0.949. The summed E-state index contributed by atoms with van der Waals surface area (Å²) in [6.45, 7) is 0.340. The van der Waals surface area contributed by atoms with E-state index in [9.17, 15) is 18.0 Å². The number of fused-ring (bicyclic) bond motifs is 1. The minimum Gasteiger partial charge on any atom is -0.386 e. The molecule has 33 heavy (non-hydrogen) atoms. The molecule has 0 saturated carbocycles. The van der Waals surface area contributed by atoms with Crippen molar-refractivity contribution >= 4 is 39.6 Å². The SMILES string of the molecule is NS(=O)(=O)c1ccc(CNC=C2C(=O)NC(=O)c3ccc(C=Cc4ccncc4)cc32)cc1. The highest BCUT2D eigenvalue weighted by molar-refractivity contribution is 7.89. The summed E-state index contributed by atoms with van der Waals surface area (Å²) in [7, 11) is -3.76. The van der Waals surface area contributed by atoms with Crippen LogP contribution < -0.4 is 15.8 Å². The maximum absolute atomic E-state index is 12.5. The van der Waals surface area contributed by atoms with Gasteiger partial charge in [-0.2, -0.15) is 0 Å². The van der Waals surface area contributed by atoms with Gasteiger partial charge in [-0.3, -0.25) is 19.9 Å². The second-order valence-corrected chi connectivity index (χ2v) is 8.89. The van der Waals surface area contributed by atoms with E-state index in [-0.39, 0.29) is 4.90 Å². The lowest BCUT2D eigenvalue weighted by atomic mass is 9.93. The summed E-state index contributed by atoms with van der Waals surface area (Å²) >= 11 is 0. The van der Waals surface area contributed by atoms with E-state index in [1.807, 2.05) is 30.4 Å². The lowest BCUT2D eigenvalue weighted by Gasteiger charge is -2.19. The van der Waals surface area contributed by atoms with Gasteiger partial charge in [0.2, 0.25) is 10.0 Å². The van der Waals surface area contributed by atoms with Crippen LogP contribution >= 0.6 is 0 Å². The molecule has 0 saturated heterocycles. The third kappa shape index (κ3) is 5.22. The monoisotopic (exact) mass is 460 g/mol. The Morgan fingerprint density at radius 3 is 2.27 bits per heavy atom. The molecular formula is C24H20N4O4S. The number of primary sulfonamides is 1. The summed E-state index contributed by atoms with van der Waals surface area (Å²) < 4.78 is 22.7. The molecule has 2 amide bonds. The van der Waals surface area contributed by atoms with Gasteiger partial charge in [-0.1, -0.05) is 30.4 Å². The van der Waals surface area contributed by atoms with Crippen molar-refractivity contribution in [2.45, 2.75) is 11.4 Å². The molecule has 4 rings (SSSR count). The lowest BCUT2D eigenvalue weighted by Crippen LogP contribution is -2.37. The number of aromatic nitrogens is 1. The molecular weight excluding hydrogens is 440 g/mol. The van der Waals surface area contributed by atoms with Crippen molar-refractivity contribution in [2.24, 2.45) is 5.14 Å². The highest BCUT2D eigenvalue weighted by Gasteiger charge is 2.27. The number of sulfonamides is 1. The Bertz CT molecular complexity index is 1380. The summed E-state index contributed by atoms with van der Waals surface area (Å²) in [6.07, 6.45) is 8.76. The minimum absolute atomic E-state index is 0.0241. The molecule has 0 radical (unpaired) electrons. The predicted molar refractivity (Wildman–Crippen MR) is 125 cm³/mol. The average Bonchev–Trinajstić information content (AvgIpc) is 2.80. The number of hydrogen-bond donors (Lipinski definition) is 3. The Balaban J connectivity index is 1.56. The maximum atomic E-state index is 12.5. The van der Waals surface area contributed by atoms with Gasteiger partial charge >= 0.3 is 0 Å². The summed E-state index contributed by atoms with van der Waals surface area (Å²) in [4.78, 5) is 28.8. The summed E-state index contributed by atoms with van der Waals surface area (Å²) in [5, 5.41) is 10.5. The number of nitrogens with two attached hydrogens (primary N) is 1. The van der Waals surface area contributed by atoms with E-state index in [4.69, 9.17) is 5.14 Å². The topological polar surface area (TPSA) is 131 Å². The highest BCUT2D eigenvalue weighted by atomic mass is 32.2. The van der Waals surface area contributed by atoms with Crippen LogP contribution in [0.15, 0.2) is 78.1 Å². The first-order valence-electron chi connectivity index (χ1n) is 9.95. The van der Waals surface area contributed by atoms with Gasteiger partial charge in [-0.05, 0) is 53.1 Å². The van der Waals surface area contributed by atoms with E-state index in [0.717, 1.165) is 16.7 Å². The van der Waals surface area contributed by atoms with Crippen molar-refractivity contribution in [1.82, 2.24) is 15.6 Å². The fourth-order valence-electron chi connectivity index (χ4n) is 3.32. The Hall–Kier alpha value is -4.08. The molecule has 0 spiro atoms. The Morgan fingerprint density at radius 2 is 1.58 bits per heavy atom. The van der Waals surface area contributed by atoms with Gasteiger partial charge in [0.1, 0.15) is 0 Å². The predicted octanol–water partition coefficient (Wildman–Crippen LogP) is 2.30. The van der Waals surface area contributed by atoms with Gasteiger partial charge in [0.05, 0.1) is 10.5 Å². The molecule has 2 aromatic carbocycles. The number of benzene rings is 2. The molecule has 0 atom stereocenters. The average molecular weight is 461 g/mol. The number of hydrogen-bond acceptors (Lipinski definition) is 6. The van der Waals surface area contributed by atoms with E-state index in [2.05, 4.69) is 15.6 Å². The van der Waals surface area contributed by atoms with E-state index >= 15 is 0 Å². The number of nitrogens with one attached hydrogen (secondary N) is 2. The summed E-state index contributed by atoms with van der Waals surface area (Å²) in [6, 6.07) is 15.1. The zero-order valence-corrected chi connectivity index (χ0v) is 18.2. The molecule has 166 valence electrons. The van der Waals surface area contributed by atoms with Gasteiger partial charge in [-0.15, -0.1) is 0 Å². The van der Waals surface area contributed by atoms with E-state index in [0.29, 0.717) is 23.2 Å². The van der Waals surface area contributed by atoms with Crippen LogP contribution in [0.2, 0.25) is 0 Å². The van der Waals surface area contributed by atoms with Gasteiger partial charge in [-0.25, -0.2) is 13.6 Å². The number of rotatable bonds is 6. The molecule has 1 aliphatic heterocycles. The Morgan fingerprint density at radius 1 is 0.879 bits per heavy atom. The quantitative estimate of drug-likeness (QED) is 0.382. The maximum Gasteiger partial charge on any atom is 0.260 e. The van der Waals surface area contributed by atoms with Crippen molar-refractivity contribution in [2.75, 3.05) is 0 Å². The summed E-state index contributed by atoms with van der Waals surface area (Å²) in [5.41, 5.74) is 3.85. The number of nitrogens with zero attached hydrogens (tertiary/aromatic N) is 1. The Kier molecular flexibility index (Phi) is 6.16. The van der Waals surface area contributed by atoms with Crippen LogP contribution in [-0.4, -0.2) is 25.2 Å². The van der Waals surface area contributed by atoms with Crippen LogP contribution in [0.5, 0.6) is 0 Å². The largest absolute Gasteiger partial charge is 0.386 e. The third-order valence-corrected chi connectivity index (χ3v) is 5.96. The van der Waals surface area contributed by atoms with Crippen molar-refractivity contribution in [3.05, 3.63) is 101 Å². The second kappa shape index (κ2) is 9.19. The molecule has 0 fully saturated rings. The molecule has 2 heterocycles. The lowest BCUT2D eigenvalue weighted by molar-refractivity contribution is -0.114. The number of carbonyl (C=O) groups excluding carboxylic acids is 2. The molecule has 0 aliphatic carbocycles. The molecule has 4 N–H and O–H groups in total. The fraction of sp³-hybridized carbons (Fsp3) is 0.0417. The first kappa shape index (κ1) is 22.1. The van der Waals surface area contributed by atoms with Crippen LogP contribution in [0.4, 0.5) is 0 Å². The number of imide groups is 1. The fourth-order valence-corrected chi connectivity index (χ4v) is 3.84.